The van der Waals surface area contributed by atoms with E-state index in [9.17, 15) is 4.79 Å². The number of allylic oxidation sites excluding steroid dienone is 1. The van der Waals surface area contributed by atoms with E-state index in [4.69, 9.17) is 9.84 Å². The van der Waals surface area contributed by atoms with Gasteiger partial charge in [0.15, 0.2) is 0 Å². The Morgan fingerprint density at radius 2 is 2.38 bits per heavy atom. The van der Waals surface area contributed by atoms with Crippen molar-refractivity contribution in [2.45, 2.75) is 19.8 Å². The number of aliphatic carboxylic acids is 1. The monoisotopic (exact) mass is 218 g/mol. The van der Waals surface area contributed by atoms with E-state index in [-0.39, 0.29) is 0 Å². The quantitative estimate of drug-likeness (QED) is 0.793. The minimum Gasteiger partial charge on any atom is -0.493 e. The molecule has 0 bridgehead atoms. The summed E-state index contributed by atoms with van der Waals surface area (Å²) in [6.07, 6.45) is 2.90. The molecule has 0 amide bonds. The second-order valence-corrected chi connectivity index (χ2v) is 3.78. The van der Waals surface area contributed by atoms with E-state index in [1.807, 2.05) is 25.1 Å². The zero-order valence-corrected chi connectivity index (χ0v) is 9.19. The predicted molar refractivity (Wildman–Crippen MR) is 61.5 cm³/mol. The Hall–Kier alpha value is -1.77. The largest absolute Gasteiger partial charge is 0.493 e. The van der Waals surface area contributed by atoms with E-state index in [1.165, 1.54) is 11.6 Å². The zero-order chi connectivity index (χ0) is 11.5. The fourth-order valence-corrected chi connectivity index (χ4v) is 1.92. The summed E-state index contributed by atoms with van der Waals surface area (Å²) in [5, 5.41) is 8.77. The topological polar surface area (TPSA) is 46.5 Å². The Kier molecular flexibility index (Phi) is 2.95. The molecule has 84 valence electrons. The molecule has 0 unspecified atom stereocenters. The van der Waals surface area contributed by atoms with Crippen LogP contribution in [0.2, 0.25) is 0 Å². The maximum atomic E-state index is 10.7. The number of rotatable bonds is 3. The molecule has 1 heterocycles. The molecule has 1 aromatic rings. The van der Waals surface area contributed by atoms with Gasteiger partial charge >= 0.3 is 5.97 Å². The second kappa shape index (κ2) is 4.39. The van der Waals surface area contributed by atoms with Gasteiger partial charge < -0.3 is 9.84 Å². The molecule has 1 aromatic carbocycles. The van der Waals surface area contributed by atoms with E-state index in [0.29, 0.717) is 6.42 Å². The van der Waals surface area contributed by atoms with Gasteiger partial charge in [0.25, 0.3) is 0 Å². The van der Waals surface area contributed by atoms with E-state index in [1.54, 1.807) is 0 Å². The van der Waals surface area contributed by atoms with E-state index < -0.39 is 5.97 Å². The Morgan fingerprint density at radius 3 is 3.06 bits per heavy atom. The van der Waals surface area contributed by atoms with Crippen molar-refractivity contribution >= 4 is 11.5 Å². The predicted octanol–water partition coefficient (Wildman–Crippen LogP) is 2.50. The van der Waals surface area contributed by atoms with Crippen LogP contribution >= 0.6 is 0 Å². The van der Waals surface area contributed by atoms with Crippen LogP contribution < -0.4 is 4.74 Å². The molecule has 0 saturated carbocycles. The normalized spacial score (nSPS) is 14.4. The van der Waals surface area contributed by atoms with Gasteiger partial charge in [-0.15, -0.1) is 0 Å². The summed E-state index contributed by atoms with van der Waals surface area (Å²) in [5.41, 5.74) is 3.00. The third-order valence-electron chi connectivity index (χ3n) is 2.74. The first-order chi connectivity index (χ1) is 7.70. The van der Waals surface area contributed by atoms with Crippen LogP contribution in [0.4, 0.5) is 0 Å². The van der Waals surface area contributed by atoms with Crippen LogP contribution in [0.3, 0.4) is 0 Å². The summed E-state index contributed by atoms with van der Waals surface area (Å²) >= 11 is 0. The molecule has 3 heteroatoms. The highest BCUT2D eigenvalue weighted by atomic mass is 16.5. The Bertz CT molecular complexity index is 446. The summed E-state index contributed by atoms with van der Waals surface area (Å²) in [7, 11) is 0. The average Bonchev–Trinajstić information content (AvgIpc) is 2.72. The lowest BCUT2D eigenvalue weighted by molar-refractivity contribution is -0.131. The van der Waals surface area contributed by atoms with Crippen molar-refractivity contribution in [3.8, 4) is 5.75 Å². The number of carbonyl (C=O) groups is 1. The van der Waals surface area contributed by atoms with Crippen molar-refractivity contribution in [2.24, 2.45) is 0 Å². The van der Waals surface area contributed by atoms with Crippen LogP contribution in [0, 0.1) is 0 Å². The number of benzene rings is 1. The molecule has 1 aliphatic heterocycles. The SMILES string of the molecule is CCC(=CC(=O)O)c1ccc2c(c1)CCO2. The third-order valence-corrected chi connectivity index (χ3v) is 2.74. The smallest absolute Gasteiger partial charge is 0.328 e. The molecule has 0 radical (unpaired) electrons. The number of carboxylic acid groups (broad SMARTS) is 1. The molecule has 0 aromatic heterocycles. The molecule has 0 spiro atoms. The Morgan fingerprint density at radius 1 is 1.56 bits per heavy atom. The van der Waals surface area contributed by atoms with Gasteiger partial charge in [0.1, 0.15) is 5.75 Å². The molecule has 16 heavy (non-hydrogen) atoms. The fourth-order valence-electron chi connectivity index (χ4n) is 1.92. The van der Waals surface area contributed by atoms with Crippen LogP contribution in [-0.2, 0) is 11.2 Å². The summed E-state index contributed by atoms with van der Waals surface area (Å²) in [6.45, 7) is 2.68. The van der Waals surface area contributed by atoms with Gasteiger partial charge in [-0.05, 0) is 35.3 Å². The maximum absolute atomic E-state index is 10.7. The minimum absolute atomic E-state index is 0.714. The second-order valence-electron chi connectivity index (χ2n) is 3.78. The standard InChI is InChI=1S/C13H14O3/c1-2-9(8-13(14)15)10-3-4-12-11(7-10)5-6-16-12/h3-4,7-8H,2,5-6H2,1H3,(H,14,15). The summed E-state index contributed by atoms with van der Waals surface area (Å²) in [4.78, 5) is 10.7. The summed E-state index contributed by atoms with van der Waals surface area (Å²) in [6, 6.07) is 5.87. The third kappa shape index (κ3) is 2.08. The van der Waals surface area contributed by atoms with E-state index >= 15 is 0 Å². The minimum atomic E-state index is -0.895. The van der Waals surface area contributed by atoms with Gasteiger partial charge in [-0.25, -0.2) is 4.79 Å². The van der Waals surface area contributed by atoms with Gasteiger partial charge in [0.05, 0.1) is 6.61 Å². The summed E-state index contributed by atoms with van der Waals surface area (Å²) < 4.78 is 5.41. The highest BCUT2D eigenvalue weighted by Gasteiger charge is 2.13. The molecular weight excluding hydrogens is 204 g/mol. The van der Waals surface area contributed by atoms with Crippen molar-refractivity contribution in [2.75, 3.05) is 6.61 Å². The molecule has 1 aliphatic rings. The number of carboxylic acids is 1. The van der Waals surface area contributed by atoms with Gasteiger partial charge in [-0.3, -0.25) is 0 Å². The van der Waals surface area contributed by atoms with Crippen molar-refractivity contribution in [3.05, 3.63) is 35.4 Å². The van der Waals surface area contributed by atoms with E-state index in [0.717, 1.165) is 29.9 Å². The van der Waals surface area contributed by atoms with Gasteiger partial charge in [-0.1, -0.05) is 13.0 Å². The number of ether oxygens (including phenoxy) is 1. The summed E-state index contributed by atoms with van der Waals surface area (Å²) in [5.74, 6) is 0.0307. The van der Waals surface area contributed by atoms with Gasteiger partial charge in [-0.2, -0.15) is 0 Å². The molecule has 0 aliphatic carbocycles. The fraction of sp³-hybridized carbons (Fsp3) is 0.308. The zero-order valence-electron chi connectivity index (χ0n) is 9.19. The lowest BCUT2D eigenvalue weighted by Crippen LogP contribution is -1.92. The number of fused-ring (bicyclic) bond motifs is 1. The first-order valence-electron chi connectivity index (χ1n) is 5.40. The first-order valence-corrected chi connectivity index (χ1v) is 5.40. The lowest BCUT2D eigenvalue weighted by atomic mass is 10.00. The Labute approximate surface area is 94.4 Å². The van der Waals surface area contributed by atoms with Gasteiger partial charge in [0, 0.05) is 12.5 Å². The van der Waals surface area contributed by atoms with Crippen LogP contribution in [0.5, 0.6) is 5.75 Å². The van der Waals surface area contributed by atoms with Crippen LogP contribution in [0.15, 0.2) is 24.3 Å². The molecular formula is C13H14O3. The highest BCUT2D eigenvalue weighted by Crippen LogP contribution is 2.29. The van der Waals surface area contributed by atoms with Crippen molar-refractivity contribution < 1.29 is 14.6 Å². The molecule has 2 rings (SSSR count). The number of hydrogen-bond donors (Lipinski definition) is 1. The van der Waals surface area contributed by atoms with Crippen LogP contribution in [0.25, 0.3) is 5.57 Å². The molecule has 0 saturated heterocycles. The van der Waals surface area contributed by atoms with Gasteiger partial charge in [0.2, 0.25) is 0 Å². The average molecular weight is 218 g/mol. The lowest BCUT2D eigenvalue weighted by Gasteiger charge is -2.06. The molecule has 3 nitrogen and oxygen atoms in total. The first kappa shape index (κ1) is 10.7. The molecule has 0 fully saturated rings. The Balaban J connectivity index is 2.36. The van der Waals surface area contributed by atoms with Crippen molar-refractivity contribution in [1.29, 1.82) is 0 Å². The molecule has 1 N–H and O–H groups in total. The van der Waals surface area contributed by atoms with Crippen molar-refractivity contribution in [1.82, 2.24) is 0 Å². The number of hydrogen-bond acceptors (Lipinski definition) is 2. The highest BCUT2D eigenvalue weighted by molar-refractivity contribution is 5.90. The van der Waals surface area contributed by atoms with Crippen LogP contribution in [0.1, 0.15) is 24.5 Å². The molecule has 0 atom stereocenters. The maximum Gasteiger partial charge on any atom is 0.328 e. The van der Waals surface area contributed by atoms with E-state index in [2.05, 4.69) is 0 Å². The van der Waals surface area contributed by atoms with Crippen LogP contribution in [-0.4, -0.2) is 17.7 Å². The van der Waals surface area contributed by atoms with Crippen molar-refractivity contribution in [3.63, 3.8) is 0 Å².